The second-order valence-electron chi connectivity index (χ2n) is 8.26. The van der Waals surface area contributed by atoms with Crippen LogP contribution in [0.1, 0.15) is 62.3 Å². The van der Waals surface area contributed by atoms with Crippen molar-refractivity contribution < 1.29 is 9.53 Å². The van der Waals surface area contributed by atoms with E-state index in [9.17, 15) is 9.59 Å². The van der Waals surface area contributed by atoms with E-state index >= 15 is 0 Å². The van der Waals surface area contributed by atoms with Crippen LogP contribution in [0, 0.1) is 0 Å². The van der Waals surface area contributed by atoms with Gasteiger partial charge >= 0.3 is 5.97 Å². The van der Waals surface area contributed by atoms with Crippen molar-refractivity contribution in [3.05, 3.63) is 75.7 Å². The highest BCUT2D eigenvalue weighted by Crippen LogP contribution is 2.22. The van der Waals surface area contributed by atoms with Crippen LogP contribution in [0.2, 0.25) is 0 Å². The van der Waals surface area contributed by atoms with Crippen molar-refractivity contribution in [2.45, 2.75) is 52.7 Å². The minimum absolute atomic E-state index is 0.0720. The predicted molar refractivity (Wildman–Crippen MR) is 111 cm³/mol. The largest absolute Gasteiger partial charge is 0.456 e. The molecule has 28 heavy (non-hydrogen) atoms. The first-order valence-corrected chi connectivity index (χ1v) is 9.46. The number of hydrogen-bond acceptors (Lipinski definition) is 4. The van der Waals surface area contributed by atoms with E-state index in [1.54, 1.807) is 24.3 Å². The van der Waals surface area contributed by atoms with Crippen molar-refractivity contribution in [1.29, 1.82) is 0 Å². The third-order valence-electron chi connectivity index (χ3n) is 4.70. The lowest BCUT2D eigenvalue weighted by Gasteiger charge is -2.19. The number of ether oxygens (including phenoxy) is 1. The van der Waals surface area contributed by atoms with Gasteiger partial charge in [0.1, 0.15) is 6.61 Å². The Kier molecular flexibility index (Phi) is 5.36. The molecule has 0 fully saturated rings. The summed E-state index contributed by atoms with van der Waals surface area (Å²) in [6.07, 6.45) is 0. The zero-order valence-corrected chi connectivity index (χ0v) is 17.0. The number of esters is 1. The number of carbonyl (C=O) groups is 1. The lowest BCUT2D eigenvalue weighted by atomic mass is 9.87. The van der Waals surface area contributed by atoms with Gasteiger partial charge < -0.3 is 4.74 Å². The number of benzene rings is 2. The van der Waals surface area contributed by atoms with Crippen LogP contribution in [-0.4, -0.2) is 15.7 Å². The third kappa shape index (κ3) is 3.98. The molecule has 5 nitrogen and oxygen atoms in total. The molecule has 0 unspecified atom stereocenters. The second-order valence-corrected chi connectivity index (χ2v) is 8.26. The molecule has 0 aliphatic rings. The molecule has 5 heteroatoms. The van der Waals surface area contributed by atoms with Crippen molar-refractivity contribution in [2.24, 2.45) is 0 Å². The first-order chi connectivity index (χ1) is 13.2. The molecule has 2 aromatic carbocycles. The minimum Gasteiger partial charge on any atom is -0.456 e. The van der Waals surface area contributed by atoms with E-state index in [-0.39, 0.29) is 29.3 Å². The molecule has 0 saturated heterocycles. The van der Waals surface area contributed by atoms with Gasteiger partial charge in [-0.1, -0.05) is 63.2 Å². The summed E-state index contributed by atoms with van der Waals surface area (Å²) < 4.78 is 6.84. The fourth-order valence-corrected chi connectivity index (χ4v) is 3.03. The van der Waals surface area contributed by atoms with Gasteiger partial charge in [0.25, 0.3) is 5.56 Å². The summed E-state index contributed by atoms with van der Waals surface area (Å²) in [5.74, 6) is -0.537. The quantitative estimate of drug-likeness (QED) is 0.621. The van der Waals surface area contributed by atoms with Crippen LogP contribution in [0.3, 0.4) is 0 Å². The van der Waals surface area contributed by atoms with Gasteiger partial charge in [-0.2, -0.15) is 5.10 Å². The highest BCUT2D eigenvalue weighted by atomic mass is 16.5. The molecule has 0 atom stereocenters. The van der Waals surface area contributed by atoms with Crippen LogP contribution in [0.4, 0.5) is 0 Å². The first kappa shape index (κ1) is 19.8. The van der Waals surface area contributed by atoms with Crippen molar-refractivity contribution in [1.82, 2.24) is 9.78 Å². The number of hydrogen-bond donors (Lipinski definition) is 0. The fourth-order valence-electron chi connectivity index (χ4n) is 3.03. The molecule has 0 aliphatic carbocycles. The van der Waals surface area contributed by atoms with E-state index in [2.05, 4.69) is 38.0 Å². The lowest BCUT2D eigenvalue weighted by molar-refractivity contribution is 0.0465. The Bertz CT molecular complexity index is 1060. The summed E-state index contributed by atoms with van der Waals surface area (Å²) in [7, 11) is 0. The Morgan fingerprint density at radius 1 is 1.04 bits per heavy atom. The summed E-state index contributed by atoms with van der Waals surface area (Å²) >= 11 is 0. The smallest absolute Gasteiger partial charge is 0.359 e. The zero-order chi connectivity index (χ0) is 20.5. The number of nitrogens with zero attached hydrogens (tertiary/aromatic N) is 2. The topological polar surface area (TPSA) is 61.2 Å². The Labute approximate surface area is 165 Å². The van der Waals surface area contributed by atoms with E-state index in [0.29, 0.717) is 10.8 Å². The van der Waals surface area contributed by atoms with Crippen LogP contribution < -0.4 is 5.56 Å². The molecule has 1 heterocycles. The monoisotopic (exact) mass is 378 g/mol. The highest BCUT2D eigenvalue weighted by molar-refractivity contribution is 6.02. The fraction of sp³-hybridized carbons (Fsp3) is 0.348. The molecule has 0 amide bonds. The van der Waals surface area contributed by atoms with Gasteiger partial charge in [0.15, 0.2) is 5.69 Å². The van der Waals surface area contributed by atoms with Gasteiger partial charge in [-0.05, 0) is 36.5 Å². The van der Waals surface area contributed by atoms with Gasteiger partial charge in [-0.25, -0.2) is 9.48 Å². The predicted octanol–water partition coefficient (Wildman–Crippen LogP) is 4.63. The van der Waals surface area contributed by atoms with E-state index < -0.39 is 5.97 Å². The normalized spacial score (nSPS) is 11.8. The molecule has 0 radical (unpaired) electrons. The minimum atomic E-state index is -0.537. The summed E-state index contributed by atoms with van der Waals surface area (Å²) in [6.45, 7) is 10.3. The average molecular weight is 378 g/mol. The molecule has 3 rings (SSSR count). The molecule has 0 bridgehead atoms. The molecule has 0 N–H and O–H groups in total. The standard InChI is InChI=1S/C23H26N2O3/c1-15(2)25-21(26)19-9-7-6-8-18(19)20(24-25)22(27)28-14-16-10-12-17(13-11-16)23(3,4)5/h6-13,15H,14H2,1-5H3. The maximum absolute atomic E-state index is 12.7. The molecule has 0 aliphatic heterocycles. The molecule has 146 valence electrons. The molecular weight excluding hydrogens is 352 g/mol. The Morgan fingerprint density at radius 3 is 2.21 bits per heavy atom. The van der Waals surface area contributed by atoms with Gasteiger partial charge in [-0.15, -0.1) is 0 Å². The van der Waals surface area contributed by atoms with E-state index in [0.717, 1.165) is 5.56 Å². The zero-order valence-electron chi connectivity index (χ0n) is 17.0. The van der Waals surface area contributed by atoms with Crippen molar-refractivity contribution in [2.75, 3.05) is 0 Å². The van der Waals surface area contributed by atoms with Crippen molar-refractivity contribution >= 4 is 16.7 Å². The first-order valence-electron chi connectivity index (χ1n) is 9.46. The van der Waals surface area contributed by atoms with Gasteiger partial charge in [0.2, 0.25) is 0 Å². The summed E-state index contributed by atoms with van der Waals surface area (Å²) in [6, 6.07) is 14.9. The molecule has 3 aromatic rings. The Morgan fingerprint density at radius 2 is 1.64 bits per heavy atom. The third-order valence-corrected chi connectivity index (χ3v) is 4.70. The van der Waals surface area contributed by atoms with Crippen molar-refractivity contribution in [3.63, 3.8) is 0 Å². The van der Waals surface area contributed by atoms with E-state index in [1.807, 2.05) is 26.0 Å². The van der Waals surface area contributed by atoms with E-state index in [4.69, 9.17) is 4.74 Å². The molecule has 0 saturated carbocycles. The maximum Gasteiger partial charge on any atom is 0.359 e. The average Bonchev–Trinajstić information content (AvgIpc) is 2.66. The maximum atomic E-state index is 12.7. The van der Waals surface area contributed by atoms with Gasteiger partial charge in [0.05, 0.1) is 11.4 Å². The van der Waals surface area contributed by atoms with Crippen LogP contribution >= 0.6 is 0 Å². The second kappa shape index (κ2) is 7.58. The molecular formula is C23H26N2O3. The van der Waals surface area contributed by atoms with Crippen LogP contribution in [0.5, 0.6) is 0 Å². The highest BCUT2D eigenvalue weighted by Gasteiger charge is 2.19. The van der Waals surface area contributed by atoms with Gasteiger partial charge in [0, 0.05) is 5.39 Å². The molecule has 1 aromatic heterocycles. The number of aromatic nitrogens is 2. The van der Waals surface area contributed by atoms with Crippen molar-refractivity contribution in [3.8, 4) is 0 Å². The Hall–Kier alpha value is -2.95. The van der Waals surface area contributed by atoms with Gasteiger partial charge in [-0.3, -0.25) is 4.79 Å². The Balaban J connectivity index is 1.88. The number of carbonyl (C=O) groups excluding carboxylic acids is 1. The molecule has 0 spiro atoms. The number of rotatable bonds is 4. The summed E-state index contributed by atoms with van der Waals surface area (Å²) in [4.78, 5) is 25.3. The van der Waals surface area contributed by atoms with Crippen LogP contribution in [0.25, 0.3) is 10.8 Å². The summed E-state index contributed by atoms with van der Waals surface area (Å²) in [5, 5.41) is 5.27. The van der Waals surface area contributed by atoms with Crippen LogP contribution in [0.15, 0.2) is 53.3 Å². The number of fused-ring (bicyclic) bond motifs is 1. The lowest BCUT2D eigenvalue weighted by Crippen LogP contribution is -2.27. The van der Waals surface area contributed by atoms with E-state index in [1.165, 1.54) is 10.2 Å². The SMILES string of the molecule is CC(C)n1nc(C(=O)OCc2ccc(C(C)(C)C)cc2)c2ccccc2c1=O. The van der Waals surface area contributed by atoms with Crippen LogP contribution in [-0.2, 0) is 16.8 Å². The summed E-state index contributed by atoms with van der Waals surface area (Å²) in [5.41, 5.74) is 2.15.